The lowest BCUT2D eigenvalue weighted by Gasteiger charge is -2.41. The summed E-state index contributed by atoms with van der Waals surface area (Å²) in [6.45, 7) is -50.9. The van der Waals surface area contributed by atoms with Crippen LogP contribution in [0.1, 0.15) is 241 Å². The molecule has 12 aromatic heterocycles. The first-order valence-electron chi connectivity index (χ1n) is 86.3. The fraction of sp³-hybridized carbons (Fsp3) is 0.529. The first-order valence-corrected chi connectivity index (χ1v) is 39.8. The monoisotopic (exact) mass is 2050 g/mol. The van der Waals surface area contributed by atoms with Crippen molar-refractivity contribution in [2.75, 3.05) is 188 Å². The molecular weight excluding hydrogens is 1830 g/mol. The van der Waals surface area contributed by atoms with Crippen molar-refractivity contribution in [1.29, 1.82) is 0 Å². The predicted octanol–water partition coefficient (Wildman–Crippen LogP) is 11.2. The minimum atomic E-state index is -4.25. The van der Waals surface area contributed by atoms with Gasteiger partial charge in [-0.05, 0) is 151 Å². The Balaban J connectivity index is 0.000000224. The van der Waals surface area contributed by atoms with E-state index >= 15 is 0 Å². The number of nitrogens with one attached hydrogen (secondary N) is 6. The number of likely N-dealkylation sites (tertiary alicyclic amines) is 6. The summed E-state index contributed by atoms with van der Waals surface area (Å²) < 4.78 is 770. The van der Waals surface area contributed by atoms with Crippen LogP contribution in [0, 0.1) is 116 Å². The van der Waals surface area contributed by atoms with E-state index in [4.69, 9.17) is 163 Å². The number of rotatable bonds is 18. The molecule has 42 nitrogen and oxygen atoms in total. The fourth-order valence-electron chi connectivity index (χ4n) is 12.5. The van der Waals surface area contributed by atoms with Crippen LogP contribution in [0.4, 0.5) is 34.9 Å². The highest BCUT2D eigenvalue weighted by atomic mass is 16.2. The Labute approximate surface area is 970 Å². The molecule has 18 heterocycles. The number of anilines is 6. The van der Waals surface area contributed by atoms with E-state index in [0.29, 0.717) is 13.8 Å². The average Bonchev–Trinajstić information content (AvgIpc) is 1.66. The van der Waals surface area contributed by atoms with E-state index in [0.717, 1.165) is 6.92 Å². The molecule has 18 rings (SSSR count). The molecule has 0 aliphatic carbocycles. The normalized spacial score (nSPS) is 41.1. The van der Waals surface area contributed by atoms with Gasteiger partial charge in [0.2, 0.25) is 0 Å². The van der Waals surface area contributed by atoms with Gasteiger partial charge in [0.1, 0.15) is 131 Å². The molecule has 12 aromatic rings. The maximum absolute atomic E-state index is 13.2. The Bertz CT molecular complexity index is 11600. The van der Waals surface area contributed by atoms with Gasteiger partial charge in [0.15, 0.2) is 0 Å². The van der Waals surface area contributed by atoms with Crippen molar-refractivity contribution in [1.82, 2.24) is 119 Å². The third-order valence-corrected chi connectivity index (χ3v) is 18.9. The Hall–Kier alpha value is -15.7. The minimum Gasteiger partial charge on any atom is -0.354 e. The topological polar surface area (TPSA) is 417 Å². The molecule has 42 heteroatoms. The lowest BCUT2D eigenvalue weighted by atomic mass is 9.92. The second-order valence-corrected chi connectivity index (χ2v) is 28.7. The van der Waals surface area contributed by atoms with Crippen LogP contribution in [0.3, 0.4) is 0 Å². The summed E-state index contributed by atoms with van der Waals surface area (Å²) in [7, 11) is 0. The lowest BCUT2D eigenvalue weighted by Crippen LogP contribution is -2.53. The number of likely N-dealkylation sites (N-methyl/N-ethyl adjacent to an activating group) is 6. The summed E-state index contributed by atoms with van der Waals surface area (Å²) in [4.78, 5) is 149. The summed E-state index contributed by atoms with van der Waals surface area (Å²) >= 11 is 0. The smallest absolute Gasteiger partial charge is 0.302 e. The minimum absolute atomic E-state index is 0.0151. The molecule has 0 spiro atoms. The second-order valence-electron chi connectivity index (χ2n) is 28.7. The molecule has 0 unspecified atom stereocenters. The van der Waals surface area contributed by atoms with Crippen molar-refractivity contribution in [2.45, 2.75) is 157 Å². The van der Waals surface area contributed by atoms with Crippen LogP contribution < -0.4 is 29.4 Å². The number of carbonyl (C=O) groups excluding carboxylic acids is 6. The molecular formula is C102H132N36O6. The number of nitrogens with zero attached hydrogens (tertiary/aromatic N) is 30. The Morgan fingerprint density at radius 3 is 0.840 bits per heavy atom. The highest BCUT2D eigenvalue weighted by Crippen LogP contribution is 2.38. The summed E-state index contributed by atoms with van der Waals surface area (Å²) in [5, 5.41) is -2.64. The van der Waals surface area contributed by atoms with Gasteiger partial charge in [0.05, 0.1) is 97.3 Å². The van der Waals surface area contributed by atoms with Crippen LogP contribution in [0.15, 0.2) is 74.1 Å². The number of aryl methyl sites for hydroxylation is 6. The zero-order chi connectivity index (χ0) is 185. The van der Waals surface area contributed by atoms with Gasteiger partial charge in [-0.25, -0.2) is 99.2 Å². The van der Waals surface area contributed by atoms with Gasteiger partial charge >= 0.3 is 35.4 Å². The van der Waals surface area contributed by atoms with E-state index in [1.165, 1.54) is 41.5 Å². The largest absolute Gasteiger partial charge is 0.354 e. The van der Waals surface area contributed by atoms with Gasteiger partial charge in [-0.3, -0.25) is 28.8 Å². The molecule has 144 heavy (non-hydrogen) atoms. The quantitative estimate of drug-likeness (QED) is 0.0435. The van der Waals surface area contributed by atoms with Crippen molar-refractivity contribution < 1.29 is 156 Å². The fourth-order valence-corrected chi connectivity index (χ4v) is 12.5. The third kappa shape index (κ3) is 24.5. The highest BCUT2D eigenvalue weighted by molar-refractivity contribution is 5.94. The predicted molar refractivity (Wildman–Crippen MR) is 556 cm³/mol. The molecule has 0 aromatic carbocycles. The standard InChI is InChI=1S/6C17H22N6O/c6*1-11-5-6-23(15(24)8-18-3)9-14(11)22(4)17-13-7-12(2)21-16(13)19-10-20-17/h6*7,10-11,14H,5-6,8-9H2,1-2,4H3,(H,19,20,21)/t6*11-,14+/m111111/s1/i4D3,5D2,6D2,7D,8D2,9D2,10D,11D,14D;1D3,4D3,5D2,6D2,7D,8D2,9D2,10D,14D;1D3,4D3,5D2,6D2,7D,8D2,9D2,10D,11D;4D3,5D2,6D2,7D,8D2,9D2,10D,14D;4D3,5D2,6D2,7D,8D2,9D2,10D,11D;1D3,4D3,5D2,6D2,7D,8D2,9D2,10D. The number of hydrogen-bond acceptors (Lipinski definition) is 24. The van der Waals surface area contributed by atoms with Crippen molar-refractivity contribution in [2.24, 2.45) is 35.4 Å². The van der Waals surface area contributed by atoms with E-state index in [1.54, 1.807) is 0 Å². The van der Waals surface area contributed by atoms with E-state index in [2.05, 4.69) is 119 Å². The van der Waals surface area contributed by atoms with E-state index in [9.17, 15) is 32.9 Å². The molecule has 6 N–H and O–H groups in total. The van der Waals surface area contributed by atoms with Gasteiger partial charge in [-0.1, -0.05) is 41.3 Å². The molecule has 6 saturated heterocycles. The molecule has 756 valence electrons. The maximum atomic E-state index is 13.2. The zero-order valence-corrected chi connectivity index (χ0v) is 74.8. The van der Waals surface area contributed by atoms with Crippen molar-refractivity contribution in [3.8, 4) is 0 Å². The number of amides is 6. The number of aromatic nitrogens is 18. The van der Waals surface area contributed by atoms with Gasteiger partial charge in [0.25, 0.3) is 39.0 Å². The van der Waals surface area contributed by atoms with Crippen LogP contribution in [0.25, 0.3) is 95.3 Å². The summed E-state index contributed by atoms with van der Waals surface area (Å²) in [6, 6.07) is -23.0. The molecule has 6 aliphatic rings. The van der Waals surface area contributed by atoms with Crippen molar-refractivity contribution in [3.63, 3.8) is 0 Å². The Morgan fingerprint density at radius 1 is 0.319 bits per heavy atom. The van der Waals surface area contributed by atoms with Gasteiger partial charge in [-0.15, -0.1) is 0 Å². The van der Waals surface area contributed by atoms with Crippen LogP contribution in [0.2, 0.25) is 0 Å². The molecule has 6 fully saturated rings. The zero-order valence-electron chi connectivity index (χ0n) is 168. The van der Waals surface area contributed by atoms with Crippen LogP contribution in [0.5, 0.6) is 0 Å². The number of hydrogen-bond donors (Lipinski definition) is 6. The summed E-state index contributed by atoms with van der Waals surface area (Å²) in [5.41, 5.74) is -1.15. The maximum Gasteiger partial charge on any atom is 0.302 e. The van der Waals surface area contributed by atoms with Crippen molar-refractivity contribution >= 4 is 137 Å². The van der Waals surface area contributed by atoms with E-state index in [1.807, 2.05) is 0 Å². The Morgan fingerprint density at radius 2 is 0.549 bits per heavy atom. The summed E-state index contributed by atoms with van der Waals surface area (Å²) in [6.07, 6.45) is -28.1. The Kier molecular flexibility index (Phi) is 12.6. The number of carbonyl (C=O) groups is 6. The SMILES string of the molecule is [2H]c1nc(N(C([2H])([2H])[2H])[C@@]2([2H])C([2H])([2H])N(C(=O)C([2H])([2H])[N+]#[C-])C([2H])([2H])C([2H])([2H])[C@@]2([2H])C)c2c([2H])c(C)[nH]c2n1.[2H]c1nc(N(C([2H])([2H])[2H])[C@]2([2H])[C@H](C([2H])([2H])[2H])C([2H])([2H])C([2H])([2H])N(C(=O)C([2H])([2H])[N+]#[C-])C2([2H])[2H])c2c([2H])c(C)[nH]c2n1.[2H]c1nc(N(C([2H])([2H])[2H])[C@]2([2H])[C@H](C)C([2H])([2H])C([2H])([2H])N(C(=O)C([2H])([2H])[N+]#[C-])C2([2H])[2H])c2c([2H])c(C)[nH]c2n1.[2H]c1nc(N([C@@H]2[C@H](C([2H])([2H])[2H])C([2H])([2H])C([2H])([2H])N(C(=O)C([2H])([2H])[N+]#[C-])C2([2H])[2H])C([2H])([2H])[2H])c2c([2H])c(C)[nH]c2n1.[2H]c1nc(N([C@H]2C([2H])([2H])N(C(=O)C([2H])([2H])[N+]#[C-])C([2H])([2H])C([2H])([2H])[C@@]2([2H])C([2H])([2H])[2H])C([2H])([2H])[2H])c2c([2H])c(C)[nH]c2n1.[2H]c1nc(N([C@H]2C([2H])([2H])N(C(=O)C([2H])([2H])[N+]#[C-])C([2H])([2H])C([2H])([2H])[C@@]2([2H])C)C([2H])([2H])[2H])c2c([2H])c(C)[nH]c2n1. The third-order valence-electron chi connectivity index (χ3n) is 18.9. The summed E-state index contributed by atoms with van der Waals surface area (Å²) in [5.74, 6) is -38.1. The first kappa shape index (κ1) is 38.2. The molecule has 6 amide bonds. The molecule has 6 aliphatic heterocycles. The number of piperidine rings is 6. The molecule has 0 bridgehead atoms. The van der Waals surface area contributed by atoms with E-state index < -0.39 is 472 Å². The molecule has 0 saturated carbocycles. The number of fused-ring (bicyclic) bond motifs is 6. The van der Waals surface area contributed by atoms with Crippen LogP contribution in [-0.2, 0) is 28.8 Å². The second kappa shape index (κ2) is 47.7. The van der Waals surface area contributed by atoms with Crippen LogP contribution in [-0.4, -0.2) is 350 Å². The molecule has 12 atom stereocenters. The number of H-pyrrole nitrogens is 6. The van der Waals surface area contributed by atoms with Crippen LogP contribution >= 0.6 is 0 Å². The lowest BCUT2D eigenvalue weighted by molar-refractivity contribution is -0.131. The average molecular weight is 2050 g/mol. The highest BCUT2D eigenvalue weighted by Gasteiger charge is 2.41. The number of aromatic amines is 6. The first-order chi connectivity index (χ1) is 105. The molecule has 0 radical (unpaired) electrons. The van der Waals surface area contributed by atoms with Gasteiger partial charge in [0, 0.05) is 228 Å². The van der Waals surface area contributed by atoms with E-state index in [-0.39, 0.29) is 120 Å². The van der Waals surface area contributed by atoms with Crippen molar-refractivity contribution in [3.05, 3.63) is 177 Å². The van der Waals surface area contributed by atoms with Gasteiger partial charge in [-0.2, -0.15) is 0 Å². The van der Waals surface area contributed by atoms with Gasteiger partial charge < -0.3 is 118 Å².